The van der Waals surface area contributed by atoms with Gasteiger partial charge in [-0.25, -0.2) is 17.9 Å². The number of hydrazone groups is 1. The van der Waals surface area contributed by atoms with Crippen molar-refractivity contribution < 1.29 is 31.2 Å². The highest BCUT2D eigenvalue weighted by atomic mass is 32.2. The SMILES string of the molecule is Cc1ccc(S(=O)(=O)NC(=O)N2CCC[C@H]2C(=O)NCC(=O)Nc2ccc(S(=O)(=O)NN=C(N)N)cc2)cc1. The summed E-state index contributed by atoms with van der Waals surface area (Å²) in [5.41, 5.74) is 11.3. The second kappa shape index (κ2) is 12.0. The van der Waals surface area contributed by atoms with Crippen LogP contribution in [0.4, 0.5) is 10.5 Å². The van der Waals surface area contributed by atoms with E-state index < -0.39 is 56.4 Å². The number of aryl methyl sites for hydroxylation is 1. The average molecular weight is 581 g/mol. The van der Waals surface area contributed by atoms with Gasteiger partial charge in [0, 0.05) is 12.2 Å². The van der Waals surface area contributed by atoms with Crippen LogP contribution in [0, 0.1) is 6.92 Å². The minimum absolute atomic E-state index is 0.0889. The van der Waals surface area contributed by atoms with Crippen molar-refractivity contribution in [2.45, 2.75) is 35.6 Å². The highest BCUT2D eigenvalue weighted by Gasteiger charge is 2.36. The summed E-state index contributed by atoms with van der Waals surface area (Å²) in [6, 6.07) is 9.08. The Morgan fingerprint density at radius 1 is 0.949 bits per heavy atom. The van der Waals surface area contributed by atoms with Crippen molar-refractivity contribution in [1.82, 2.24) is 19.8 Å². The molecule has 0 saturated carbocycles. The summed E-state index contributed by atoms with van der Waals surface area (Å²) in [5.74, 6) is -1.72. The molecule has 1 saturated heterocycles. The zero-order valence-electron chi connectivity index (χ0n) is 20.7. The van der Waals surface area contributed by atoms with E-state index in [1.807, 2.05) is 9.55 Å². The highest BCUT2D eigenvalue weighted by molar-refractivity contribution is 7.90. The third-order valence-electron chi connectivity index (χ3n) is 5.54. The quantitative estimate of drug-likeness (QED) is 0.122. The van der Waals surface area contributed by atoms with Crippen LogP contribution in [0.2, 0.25) is 0 Å². The molecular formula is C22H28N8O7S2. The lowest BCUT2D eigenvalue weighted by atomic mass is 10.2. The monoisotopic (exact) mass is 580 g/mol. The number of hydrogen-bond acceptors (Lipinski definition) is 8. The van der Waals surface area contributed by atoms with Crippen molar-refractivity contribution in [3.05, 3.63) is 54.1 Å². The number of nitrogens with zero attached hydrogens (tertiary/aromatic N) is 2. The summed E-state index contributed by atoms with van der Waals surface area (Å²) in [7, 11) is -8.15. The van der Waals surface area contributed by atoms with Gasteiger partial charge in [-0.3, -0.25) is 9.59 Å². The number of rotatable bonds is 9. The van der Waals surface area contributed by atoms with Crippen LogP contribution in [0.15, 0.2) is 63.4 Å². The van der Waals surface area contributed by atoms with E-state index in [1.165, 1.54) is 36.4 Å². The Morgan fingerprint density at radius 2 is 1.54 bits per heavy atom. The molecule has 210 valence electrons. The largest absolute Gasteiger partial charge is 0.369 e. The zero-order chi connectivity index (χ0) is 28.8. The number of amides is 4. The first-order valence-corrected chi connectivity index (χ1v) is 14.4. The Bertz CT molecular complexity index is 1470. The van der Waals surface area contributed by atoms with E-state index in [9.17, 15) is 31.2 Å². The normalized spacial score (nSPS) is 15.2. The number of sulfonamides is 2. The summed E-state index contributed by atoms with van der Waals surface area (Å²) in [4.78, 5) is 40.4. The smallest absolute Gasteiger partial charge is 0.331 e. The van der Waals surface area contributed by atoms with E-state index in [4.69, 9.17) is 11.5 Å². The third kappa shape index (κ3) is 7.81. The molecule has 0 aliphatic carbocycles. The summed E-state index contributed by atoms with van der Waals surface area (Å²) < 4.78 is 51.2. The molecule has 1 aliphatic rings. The van der Waals surface area contributed by atoms with E-state index in [-0.39, 0.29) is 28.4 Å². The van der Waals surface area contributed by atoms with E-state index in [0.29, 0.717) is 6.42 Å². The van der Waals surface area contributed by atoms with Crippen molar-refractivity contribution in [3.63, 3.8) is 0 Å². The summed E-state index contributed by atoms with van der Waals surface area (Å²) in [5, 5.41) is 8.16. The van der Waals surface area contributed by atoms with E-state index >= 15 is 0 Å². The van der Waals surface area contributed by atoms with Crippen LogP contribution in [0.1, 0.15) is 18.4 Å². The molecule has 39 heavy (non-hydrogen) atoms. The van der Waals surface area contributed by atoms with Gasteiger partial charge >= 0.3 is 6.03 Å². The van der Waals surface area contributed by atoms with Crippen LogP contribution < -0.4 is 31.7 Å². The molecule has 1 aliphatic heterocycles. The molecule has 15 nitrogen and oxygen atoms in total. The summed E-state index contributed by atoms with van der Waals surface area (Å²) in [6.45, 7) is 1.51. The molecule has 0 aromatic heterocycles. The number of urea groups is 1. The van der Waals surface area contributed by atoms with Gasteiger partial charge < -0.3 is 27.0 Å². The van der Waals surface area contributed by atoms with Gasteiger partial charge in [-0.1, -0.05) is 17.7 Å². The number of likely N-dealkylation sites (tertiary alicyclic amines) is 1. The van der Waals surface area contributed by atoms with Gasteiger partial charge in [-0.2, -0.15) is 13.2 Å². The Morgan fingerprint density at radius 3 is 2.15 bits per heavy atom. The molecule has 2 aromatic carbocycles. The minimum Gasteiger partial charge on any atom is -0.369 e. The van der Waals surface area contributed by atoms with Crippen LogP contribution >= 0.6 is 0 Å². The number of benzene rings is 2. The fourth-order valence-corrected chi connectivity index (χ4v) is 5.39. The van der Waals surface area contributed by atoms with Crippen molar-refractivity contribution in [2.24, 2.45) is 16.6 Å². The first-order valence-electron chi connectivity index (χ1n) is 11.5. The van der Waals surface area contributed by atoms with Crippen LogP contribution in [0.25, 0.3) is 0 Å². The predicted molar refractivity (Wildman–Crippen MR) is 141 cm³/mol. The maximum atomic E-state index is 12.7. The number of nitrogens with two attached hydrogens (primary N) is 2. The first kappa shape index (κ1) is 29.2. The lowest BCUT2D eigenvalue weighted by molar-refractivity contribution is -0.127. The van der Waals surface area contributed by atoms with Crippen molar-refractivity contribution >= 4 is 49.5 Å². The molecule has 0 radical (unpaired) electrons. The molecule has 2 aromatic rings. The molecule has 8 N–H and O–H groups in total. The van der Waals surface area contributed by atoms with Crippen LogP contribution in [-0.4, -0.2) is 64.7 Å². The topological polar surface area (TPSA) is 235 Å². The van der Waals surface area contributed by atoms with Crippen LogP contribution in [0.3, 0.4) is 0 Å². The molecule has 0 bridgehead atoms. The van der Waals surface area contributed by atoms with E-state index in [2.05, 4.69) is 15.7 Å². The van der Waals surface area contributed by atoms with Crippen molar-refractivity contribution in [2.75, 3.05) is 18.4 Å². The molecule has 4 amide bonds. The summed E-state index contributed by atoms with van der Waals surface area (Å²) in [6.07, 6.45) is 0.755. The molecule has 1 fully saturated rings. The van der Waals surface area contributed by atoms with Gasteiger partial charge in [0.1, 0.15) is 6.04 Å². The zero-order valence-corrected chi connectivity index (χ0v) is 22.4. The van der Waals surface area contributed by atoms with E-state index in [1.54, 1.807) is 19.1 Å². The maximum absolute atomic E-state index is 12.7. The molecule has 17 heteroatoms. The molecule has 1 atom stereocenters. The molecule has 1 heterocycles. The third-order valence-corrected chi connectivity index (χ3v) is 8.10. The number of anilines is 1. The van der Waals surface area contributed by atoms with Crippen LogP contribution in [0.5, 0.6) is 0 Å². The Hall–Kier alpha value is -4.38. The molecule has 0 unspecified atom stereocenters. The number of nitrogens with one attached hydrogen (secondary N) is 4. The maximum Gasteiger partial charge on any atom is 0.331 e. The Balaban J connectivity index is 1.54. The van der Waals surface area contributed by atoms with Gasteiger partial charge in [0.2, 0.25) is 17.8 Å². The van der Waals surface area contributed by atoms with Crippen molar-refractivity contribution in [1.29, 1.82) is 0 Å². The van der Waals surface area contributed by atoms with Crippen molar-refractivity contribution in [3.8, 4) is 0 Å². The fourth-order valence-electron chi connectivity index (χ4n) is 3.61. The Labute approximate surface area is 225 Å². The van der Waals surface area contributed by atoms with Gasteiger partial charge in [0.05, 0.1) is 16.3 Å². The predicted octanol–water partition coefficient (Wildman–Crippen LogP) is -0.921. The number of guanidine groups is 1. The van der Waals surface area contributed by atoms with E-state index in [0.717, 1.165) is 10.5 Å². The van der Waals surface area contributed by atoms with Gasteiger partial charge in [-0.05, 0) is 56.2 Å². The molecular weight excluding hydrogens is 552 g/mol. The fraction of sp³-hybridized carbons (Fsp3) is 0.273. The second-order valence-corrected chi connectivity index (χ2v) is 11.8. The van der Waals surface area contributed by atoms with Crippen LogP contribution in [-0.2, 0) is 29.6 Å². The minimum atomic E-state index is -4.14. The highest BCUT2D eigenvalue weighted by Crippen LogP contribution is 2.19. The first-order chi connectivity index (χ1) is 18.3. The lowest BCUT2D eigenvalue weighted by Crippen LogP contribution is -2.51. The van der Waals surface area contributed by atoms with Gasteiger partial charge in [0.15, 0.2) is 0 Å². The lowest BCUT2D eigenvalue weighted by Gasteiger charge is -2.24. The Kier molecular flexibility index (Phi) is 8.97. The average Bonchev–Trinajstić information content (AvgIpc) is 3.37. The second-order valence-electron chi connectivity index (χ2n) is 8.50. The molecule has 0 spiro atoms. The number of hydrogen-bond donors (Lipinski definition) is 6. The summed E-state index contributed by atoms with van der Waals surface area (Å²) >= 11 is 0. The number of carbonyl (C=O) groups excluding carboxylic acids is 3. The van der Waals surface area contributed by atoms with Gasteiger partial charge in [0.25, 0.3) is 20.0 Å². The molecule has 3 rings (SSSR count). The number of carbonyl (C=O) groups is 3. The van der Waals surface area contributed by atoms with Gasteiger partial charge in [-0.15, -0.1) is 5.10 Å². The standard InChI is InChI=1S/C22H28N8O7S2/c1-14-4-8-16(9-5-14)38(34,35)28-22(33)30-12-2-3-18(30)20(32)25-13-19(31)26-15-6-10-17(11-7-15)39(36,37)29-27-21(23)24/h4-11,18,29H,2-3,12-13H2,1H3,(H,25,32)(H,26,31)(H,28,33)(H4,23,24,27)/t18-/m0/s1.